The number of aromatic nitrogens is 6. The van der Waals surface area contributed by atoms with E-state index in [4.69, 9.17) is 9.31 Å². The number of nitrogens with zero attached hydrogens (tertiary/aromatic N) is 6. The fourth-order valence-electron chi connectivity index (χ4n) is 8.75. The molecule has 25 heteroatoms. The molecule has 7 rings (SSSR count). The van der Waals surface area contributed by atoms with Crippen LogP contribution in [0.15, 0.2) is 84.6 Å². The number of rotatable bonds is 20. The van der Waals surface area contributed by atoms with E-state index in [0.717, 1.165) is 39.4 Å². The lowest BCUT2D eigenvalue weighted by molar-refractivity contribution is -0.275. The third-order valence-electron chi connectivity index (χ3n) is 13.5. The van der Waals surface area contributed by atoms with Crippen molar-refractivity contribution in [1.82, 2.24) is 28.2 Å². The van der Waals surface area contributed by atoms with Gasteiger partial charge in [0, 0.05) is 57.0 Å². The van der Waals surface area contributed by atoms with Crippen molar-refractivity contribution < 1.29 is 59.8 Å². The quantitative estimate of drug-likeness (QED) is 0.0329. The van der Waals surface area contributed by atoms with E-state index in [0.29, 0.717) is 70.6 Å². The number of carbonyl (C=O) groups is 1. The fourth-order valence-corrected chi connectivity index (χ4v) is 9.24. The average molecular weight is 1190 g/mol. The Hall–Kier alpha value is -6.31. The Labute approximate surface area is 467 Å². The summed E-state index contributed by atoms with van der Waals surface area (Å²) in [5.74, 6) is 0.266. The molecule has 1 aliphatic heterocycles. The van der Waals surface area contributed by atoms with Crippen molar-refractivity contribution in [2.75, 3.05) is 13.2 Å². The third-order valence-corrected chi connectivity index (χ3v) is 14.2. The number of pyridine rings is 2. The average Bonchev–Trinajstić information content (AvgIpc) is 3.69. The lowest BCUT2D eigenvalue weighted by Gasteiger charge is -2.32. The molecule has 0 atom stereocenters. The maximum Gasteiger partial charge on any atom is 0.573 e. The minimum absolute atomic E-state index is 0.0720. The summed E-state index contributed by atoms with van der Waals surface area (Å²) in [4.78, 5) is 70.4. The Morgan fingerprint density at radius 2 is 1.18 bits per heavy atom. The molecule has 0 spiro atoms. The van der Waals surface area contributed by atoms with E-state index >= 15 is 0 Å². The van der Waals surface area contributed by atoms with E-state index in [1.807, 2.05) is 27.7 Å². The first kappa shape index (κ1) is 64.5. The van der Waals surface area contributed by atoms with E-state index in [1.54, 1.807) is 31.6 Å². The SMILES string of the molecule is CC(C)CCc1c(Br)cnc2c1c(=O)n(CCCOC=O)c(=O)n2C.CC(C)CCc1c(Cc2cccc(OC(F)(F)F)c2)cnc2c1c(=O)n(CCCO)c(=O)n2C.CC1(C)OB(Cc2cccc(OC(F)(F)F)c2)OC1(C)C. The number of alkyl halides is 6. The second kappa shape index (κ2) is 27.4. The topological polar surface area (TPSA) is 197 Å². The van der Waals surface area contributed by atoms with E-state index in [2.05, 4.69) is 67.8 Å². The molecule has 4 aromatic heterocycles. The zero-order chi connectivity index (χ0) is 59.5. The van der Waals surface area contributed by atoms with Crippen LogP contribution in [-0.4, -0.2) is 84.1 Å². The molecule has 2 aromatic carbocycles. The standard InChI is InChI=1S/C24H28F3N3O4.C17H22BrN3O4.C14H18BF3O3/c1-15(2)8-9-19-17(12-16-6-4-7-18(13-16)34-24(25,26)27)14-28-21-20(19)22(32)30(10-5-11-31)23(33)29(21)3;1-11(2)5-6-12-13(18)9-19-15-14(12)16(23)21(17(24)20(15)3)7-4-8-25-10-22;1-12(2)13(3,4)21-15(20-12)9-10-6-5-7-11(8-10)19-14(16,17)18/h4,6-7,13-15,31H,5,8-12H2,1-3H3;9-11H,4-8H2,1-3H3;5-8H,9H2,1-4H3. The summed E-state index contributed by atoms with van der Waals surface area (Å²) >= 11 is 3.49. The van der Waals surface area contributed by atoms with Crippen LogP contribution in [0, 0.1) is 11.8 Å². The van der Waals surface area contributed by atoms with Crippen molar-refractivity contribution in [3.8, 4) is 11.5 Å². The van der Waals surface area contributed by atoms with Crippen molar-refractivity contribution in [2.24, 2.45) is 25.9 Å². The number of halogens is 7. The molecule has 1 aliphatic rings. The first-order valence-electron chi connectivity index (χ1n) is 26.0. The van der Waals surface area contributed by atoms with E-state index in [-0.39, 0.29) is 61.9 Å². The highest BCUT2D eigenvalue weighted by molar-refractivity contribution is 9.10. The molecule has 1 fully saturated rings. The van der Waals surface area contributed by atoms with Gasteiger partial charge in [-0.25, -0.2) is 19.6 Å². The molecule has 0 bridgehead atoms. The van der Waals surface area contributed by atoms with E-state index in [9.17, 15) is 55.4 Å². The van der Waals surface area contributed by atoms with Crippen molar-refractivity contribution in [3.63, 3.8) is 0 Å². The highest BCUT2D eigenvalue weighted by Crippen LogP contribution is 2.38. The molecule has 0 saturated carbocycles. The smallest absolute Gasteiger partial charge is 0.468 e. The van der Waals surface area contributed by atoms with E-state index in [1.165, 1.54) is 57.1 Å². The van der Waals surface area contributed by atoms with Crippen LogP contribution in [0.2, 0.25) is 0 Å². The molecule has 80 heavy (non-hydrogen) atoms. The number of ether oxygens (including phenoxy) is 3. The molecule has 17 nitrogen and oxygen atoms in total. The van der Waals surface area contributed by atoms with Crippen LogP contribution in [0.4, 0.5) is 26.3 Å². The lowest BCUT2D eigenvalue weighted by atomic mass is 9.81. The Balaban J connectivity index is 0.000000228. The van der Waals surface area contributed by atoms with Gasteiger partial charge in [-0.05, 0) is 152 Å². The second-order valence-electron chi connectivity index (χ2n) is 21.1. The van der Waals surface area contributed by atoms with Crippen LogP contribution in [0.1, 0.15) is 109 Å². The normalized spacial score (nSPS) is 14.0. The molecule has 5 heterocycles. The summed E-state index contributed by atoms with van der Waals surface area (Å²) in [7, 11) is 2.66. The Morgan fingerprint density at radius 1 is 0.713 bits per heavy atom. The number of aryl methyl sites for hydroxylation is 4. The summed E-state index contributed by atoms with van der Waals surface area (Å²) < 4.78 is 105. The van der Waals surface area contributed by atoms with Crippen LogP contribution in [0.25, 0.3) is 22.1 Å². The van der Waals surface area contributed by atoms with Crippen LogP contribution in [0.3, 0.4) is 0 Å². The number of benzene rings is 2. The minimum atomic E-state index is -4.80. The third kappa shape index (κ3) is 17.1. The number of hydrogen-bond donors (Lipinski definition) is 1. The maximum atomic E-state index is 13.4. The second-order valence-corrected chi connectivity index (χ2v) is 21.9. The van der Waals surface area contributed by atoms with Gasteiger partial charge in [-0.15, -0.1) is 26.3 Å². The Morgan fingerprint density at radius 3 is 1.66 bits per heavy atom. The molecule has 0 amide bonds. The summed E-state index contributed by atoms with van der Waals surface area (Å²) in [6.07, 6.45) is -2.08. The number of aliphatic hydroxyl groups is 1. The van der Waals surface area contributed by atoms with Gasteiger partial charge in [0.1, 0.15) is 22.8 Å². The molecule has 0 unspecified atom stereocenters. The van der Waals surface area contributed by atoms with Gasteiger partial charge in [-0.1, -0.05) is 52.0 Å². The number of aliphatic hydroxyl groups excluding tert-OH is 1. The van der Waals surface area contributed by atoms with Gasteiger partial charge in [0.25, 0.3) is 17.6 Å². The fraction of sp³-hybridized carbons (Fsp3) is 0.509. The van der Waals surface area contributed by atoms with Gasteiger partial charge in [-0.3, -0.25) is 32.7 Å². The molecular weight excluding hydrogens is 1130 g/mol. The lowest BCUT2D eigenvalue weighted by Crippen LogP contribution is -2.41. The van der Waals surface area contributed by atoms with Gasteiger partial charge in [0.05, 0.1) is 28.6 Å². The van der Waals surface area contributed by atoms with Gasteiger partial charge >= 0.3 is 31.2 Å². The highest BCUT2D eigenvalue weighted by atomic mass is 79.9. The van der Waals surface area contributed by atoms with Gasteiger partial charge in [0.15, 0.2) is 0 Å². The summed E-state index contributed by atoms with van der Waals surface area (Å²) in [5, 5.41) is 9.96. The number of fused-ring (bicyclic) bond motifs is 2. The van der Waals surface area contributed by atoms with Crippen molar-refractivity contribution in [1.29, 1.82) is 0 Å². The molecular formula is C55H68BBrF6N6O11. The van der Waals surface area contributed by atoms with Gasteiger partial charge in [0.2, 0.25) is 0 Å². The molecule has 1 saturated heterocycles. The zero-order valence-electron chi connectivity index (χ0n) is 46.4. The highest BCUT2D eigenvalue weighted by Gasteiger charge is 2.51. The van der Waals surface area contributed by atoms with E-state index < -0.39 is 48.0 Å². The van der Waals surface area contributed by atoms with Crippen LogP contribution < -0.4 is 32.0 Å². The number of hydrogen-bond acceptors (Lipinski definition) is 13. The van der Waals surface area contributed by atoms with Crippen molar-refractivity contribution >= 4 is 51.6 Å². The summed E-state index contributed by atoms with van der Waals surface area (Å²) in [5.41, 5.74) is 1.48. The molecule has 1 N–H and O–H groups in total. The summed E-state index contributed by atoms with van der Waals surface area (Å²) in [6, 6.07) is 11.5. The van der Waals surface area contributed by atoms with Crippen LogP contribution >= 0.6 is 15.9 Å². The van der Waals surface area contributed by atoms with Gasteiger partial charge in [-0.2, -0.15) is 0 Å². The molecule has 436 valence electrons. The van der Waals surface area contributed by atoms with Crippen molar-refractivity contribution in [3.05, 3.63) is 135 Å². The maximum absolute atomic E-state index is 13.4. The summed E-state index contributed by atoms with van der Waals surface area (Å²) in [6.45, 7) is 16.7. The van der Waals surface area contributed by atoms with Crippen molar-refractivity contribution in [2.45, 2.75) is 144 Å². The first-order chi connectivity index (χ1) is 37.4. The first-order valence-corrected chi connectivity index (χ1v) is 26.8. The number of carbonyl (C=O) groups excluding carboxylic acids is 1. The van der Waals surface area contributed by atoms with Crippen LogP contribution in [-0.2, 0) is 71.6 Å². The minimum Gasteiger partial charge on any atom is -0.468 e. The molecule has 6 aromatic rings. The molecule has 0 radical (unpaired) electrons. The zero-order valence-corrected chi connectivity index (χ0v) is 48.0. The predicted octanol–water partition coefficient (Wildman–Crippen LogP) is 9.32. The van der Waals surface area contributed by atoms with Gasteiger partial charge < -0.3 is 28.6 Å². The molecule has 0 aliphatic carbocycles. The monoisotopic (exact) mass is 1190 g/mol. The Bertz CT molecular complexity index is 3340. The Kier molecular flexibility index (Phi) is 22.1. The predicted molar refractivity (Wildman–Crippen MR) is 294 cm³/mol. The van der Waals surface area contributed by atoms with Crippen LogP contribution in [0.5, 0.6) is 11.5 Å². The largest absolute Gasteiger partial charge is 0.573 e.